The van der Waals surface area contributed by atoms with Crippen LogP contribution in [0.2, 0.25) is 0 Å². The van der Waals surface area contributed by atoms with E-state index in [-0.39, 0.29) is 19.1 Å². The number of fused-ring (bicyclic) bond motifs is 3. The van der Waals surface area contributed by atoms with Crippen LogP contribution in [0.4, 0.5) is 4.79 Å². The fraction of sp³-hybridized carbons (Fsp3) is 0.364. The van der Waals surface area contributed by atoms with Crippen molar-refractivity contribution in [2.75, 3.05) is 20.3 Å². The zero-order valence-corrected chi connectivity index (χ0v) is 16.3. The average molecular weight is 383 g/mol. The Hall–Kier alpha value is -2.86. The fourth-order valence-corrected chi connectivity index (χ4v) is 3.80. The van der Waals surface area contributed by atoms with Gasteiger partial charge in [-0.3, -0.25) is 0 Å². The SMILES string of the molecule is COCC(C)(C)C(NC(=O)OCC1c2ccccc2-c2ccccc21)C(=O)O. The summed E-state index contributed by atoms with van der Waals surface area (Å²) in [4.78, 5) is 24.0. The maximum absolute atomic E-state index is 12.4. The second-order valence-corrected chi connectivity index (χ2v) is 7.66. The van der Waals surface area contributed by atoms with Crippen molar-refractivity contribution in [3.8, 4) is 11.1 Å². The molecule has 1 unspecified atom stereocenters. The standard InChI is InChI=1S/C22H25NO5/c1-22(2,13-27-3)19(20(24)25)23-21(26)28-12-18-16-10-6-4-8-14(16)15-9-5-7-11-17(15)18/h4-11,18-19H,12-13H2,1-3H3,(H,23,26)(H,24,25). The Bertz CT molecular complexity index is 831. The smallest absolute Gasteiger partial charge is 0.407 e. The molecular weight excluding hydrogens is 358 g/mol. The molecule has 0 saturated carbocycles. The number of carboxylic acids is 1. The van der Waals surface area contributed by atoms with Gasteiger partial charge in [0.15, 0.2) is 0 Å². The van der Waals surface area contributed by atoms with E-state index in [1.807, 2.05) is 36.4 Å². The molecule has 28 heavy (non-hydrogen) atoms. The van der Waals surface area contributed by atoms with E-state index in [4.69, 9.17) is 9.47 Å². The molecule has 3 rings (SSSR count). The van der Waals surface area contributed by atoms with Crippen molar-refractivity contribution in [2.24, 2.45) is 5.41 Å². The third-order valence-electron chi connectivity index (χ3n) is 5.15. The van der Waals surface area contributed by atoms with Gasteiger partial charge in [0, 0.05) is 18.4 Å². The summed E-state index contributed by atoms with van der Waals surface area (Å²) in [5.74, 6) is -1.20. The largest absolute Gasteiger partial charge is 0.480 e. The maximum Gasteiger partial charge on any atom is 0.407 e. The predicted octanol–water partition coefficient (Wildman–Crippen LogP) is 3.65. The minimum absolute atomic E-state index is 0.0755. The Morgan fingerprint density at radius 3 is 2.11 bits per heavy atom. The molecule has 0 saturated heterocycles. The van der Waals surface area contributed by atoms with E-state index >= 15 is 0 Å². The van der Waals surface area contributed by atoms with Gasteiger partial charge in [-0.05, 0) is 22.3 Å². The van der Waals surface area contributed by atoms with Gasteiger partial charge in [0.1, 0.15) is 12.6 Å². The van der Waals surface area contributed by atoms with Crippen LogP contribution in [0.5, 0.6) is 0 Å². The maximum atomic E-state index is 12.4. The van der Waals surface area contributed by atoms with Crippen molar-refractivity contribution in [3.05, 3.63) is 59.7 Å². The Morgan fingerprint density at radius 1 is 1.07 bits per heavy atom. The lowest BCUT2D eigenvalue weighted by Gasteiger charge is -2.30. The Morgan fingerprint density at radius 2 is 1.61 bits per heavy atom. The summed E-state index contributed by atoms with van der Waals surface area (Å²) in [6.07, 6.45) is -0.751. The number of methoxy groups -OCH3 is 1. The summed E-state index contributed by atoms with van der Waals surface area (Å²) >= 11 is 0. The number of benzene rings is 2. The van der Waals surface area contributed by atoms with E-state index in [1.54, 1.807) is 13.8 Å². The van der Waals surface area contributed by atoms with E-state index in [1.165, 1.54) is 7.11 Å². The molecule has 1 atom stereocenters. The molecule has 0 heterocycles. The van der Waals surface area contributed by atoms with Crippen molar-refractivity contribution < 1.29 is 24.2 Å². The van der Waals surface area contributed by atoms with Crippen molar-refractivity contribution in [2.45, 2.75) is 25.8 Å². The first kappa shape index (κ1) is 19.9. The number of carbonyl (C=O) groups is 2. The Balaban J connectivity index is 1.72. The van der Waals surface area contributed by atoms with Gasteiger partial charge in [-0.15, -0.1) is 0 Å². The number of rotatable bonds is 7. The van der Waals surface area contributed by atoms with Gasteiger partial charge in [0.25, 0.3) is 0 Å². The summed E-state index contributed by atoms with van der Waals surface area (Å²) in [6, 6.07) is 15.0. The number of carbonyl (C=O) groups excluding carboxylic acids is 1. The average Bonchev–Trinajstić information content (AvgIpc) is 2.98. The van der Waals surface area contributed by atoms with Crippen molar-refractivity contribution >= 4 is 12.1 Å². The van der Waals surface area contributed by atoms with Crippen LogP contribution in [0.1, 0.15) is 30.9 Å². The lowest BCUT2D eigenvalue weighted by atomic mass is 9.85. The molecule has 0 aliphatic heterocycles. The molecule has 2 N–H and O–H groups in total. The predicted molar refractivity (Wildman–Crippen MR) is 105 cm³/mol. The molecule has 1 amide bonds. The third kappa shape index (κ3) is 3.87. The summed E-state index contributed by atoms with van der Waals surface area (Å²) in [6.45, 7) is 3.77. The highest BCUT2D eigenvalue weighted by atomic mass is 16.5. The summed E-state index contributed by atoms with van der Waals surface area (Å²) in [7, 11) is 1.49. The first-order valence-electron chi connectivity index (χ1n) is 9.18. The van der Waals surface area contributed by atoms with Crippen LogP contribution in [0.25, 0.3) is 11.1 Å². The van der Waals surface area contributed by atoms with Gasteiger partial charge in [-0.1, -0.05) is 62.4 Å². The highest BCUT2D eigenvalue weighted by Gasteiger charge is 2.37. The van der Waals surface area contributed by atoms with Crippen LogP contribution < -0.4 is 5.32 Å². The number of amides is 1. The number of hydrogen-bond acceptors (Lipinski definition) is 4. The number of hydrogen-bond donors (Lipinski definition) is 2. The fourth-order valence-electron chi connectivity index (χ4n) is 3.80. The van der Waals surface area contributed by atoms with Crippen LogP contribution in [0, 0.1) is 5.41 Å². The normalized spacial score (nSPS) is 14.1. The highest BCUT2D eigenvalue weighted by Crippen LogP contribution is 2.44. The van der Waals surface area contributed by atoms with Crippen LogP contribution in [0.15, 0.2) is 48.5 Å². The highest BCUT2D eigenvalue weighted by molar-refractivity contribution is 5.81. The molecular formula is C22H25NO5. The first-order valence-corrected chi connectivity index (χ1v) is 9.18. The summed E-state index contributed by atoms with van der Waals surface area (Å²) in [5.41, 5.74) is 3.69. The molecule has 0 radical (unpaired) electrons. The zero-order valence-electron chi connectivity index (χ0n) is 16.3. The van der Waals surface area contributed by atoms with Gasteiger partial charge in [-0.2, -0.15) is 0 Å². The van der Waals surface area contributed by atoms with Gasteiger partial charge in [0.05, 0.1) is 6.61 Å². The van der Waals surface area contributed by atoms with E-state index < -0.39 is 23.5 Å². The Kier molecular flexibility index (Phi) is 5.70. The summed E-state index contributed by atoms with van der Waals surface area (Å²) in [5, 5.41) is 12.0. The lowest BCUT2D eigenvalue weighted by Crippen LogP contribution is -2.52. The monoisotopic (exact) mass is 383 g/mol. The van der Waals surface area contributed by atoms with E-state index in [2.05, 4.69) is 17.4 Å². The molecule has 1 aliphatic rings. The zero-order chi connectivity index (χ0) is 20.3. The van der Waals surface area contributed by atoms with E-state index in [0.717, 1.165) is 22.3 Å². The number of ether oxygens (including phenoxy) is 2. The van der Waals surface area contributed by atoms with Crippen LogP contribution in [-0.2, 0) is 14.3 Å². The quantitative estimate of drug-likeness (QED) is 0.762. The second kappa shape index (κ2) is 8.02. The van der Waals surface area contributed by atoms with Crippen LogP contribution >= 0.6 is 0 Å². The molecule has 0 spiro atoms. The second-order valence-electron chi connectivity index (χ2n) is 7.66. The first-order chi connectivity index (χ1) is 13.3. The molecule has 2 aromatic carbocycles. The molecule has 148 valence electrons. The molecule has 0 aromatic heterocycles. The van der Waals surface area contributed by atoms with Gasteiger partial charge >= 0.3 is 12.1 Å². The Labute approximate surface area is 164 Å². The van der Waals surface area contributed by atoms with Crippen LogP contribution in [-0.4, -0.2) is 43.5 Å². The van der Waals surface area contributed by atoms with Gasteiger partial charge in [-0.25, -0.2) is 9.59 Å². The minimum atomic E-state index is -1.13. The number of alkyl carbamates (subject to hydrolysis) is 1. The number of aliphatic carboxylic acids is 1. The van der Waals surface area contributed by atoms with Gasteiger partial charge in [0.2, 0.25) is 0 Å². The minimum Gasteiger partial charge on any atom is -0.480 e. The molecule has 0 bridgehead atoms. The lowest BCUT2D eigenvalue weighted by molar-refractivity contribution is -0.143. The third-order valence-corrected chi connectivity index (χ3v) is 5.15. The molecule has 1 aliphatic carbocycles. The van der Waals surface area contributed by atoms with Crippen molar-refractivity contribution in [3.63, 3.8) is 0 Å². The van der Waals surface area contributed by atoms with Crippen molar-refractivity contribution in [1.29, 1.82) is 0 Å². The van der Waals surface area contributed by atoms with Crippen LogP contribution in [0.3, 0.4) is 0 Å². The molecule has 6 heteroatoms. The van der Waals surface area contributed by atoms with E-state index in [9.17, 15) is 14.7 Å². The molecule has 0 fully saturated rings. The van der Waals surface area contributed by atoms with Gasteiger partial charge < -0.3 is 19.9 Å². The molecule has 6 nitrogen and oxygen atoms in total. The molecule has 2 aromatic rings. The number of carboxylic acid groups (broad SMARTS) is 1. The topological polar surface area (TPSA) is 84.9 Å². The van der Waals surface area contributed by atoms with E-state index in [0.29, 0.717) is 0 Å². The number of nitrogens with one attached hydrogen (secondary N) is 1. The van der Waals surface area contributed by atoms with Crippen molar-refractivity contribution in [1.82, 2.24) is 5.32 Å². The summed E-state index contributed by atoms with van der Waals surface area (Å²) < 4.78 is 10.5.